The molecule has 0 spiro atoms. The Morgan fingerprint density at radius 1 is 0.936 bits per heavy atom. The van der Waals surface area contributed by atoms with Gasteiger partial charge in [0, 0.05) is 18.0 Å². The second-order valence-electron chi connectivity index (χ2n) is 10.2. The first kappa shape index (κ1) is 34.8. The third-order valence-corrected chi connectivity index (χ3v) is 9.29. The number of Topliss-reactive ketones (excluding diaryl/α,β-unsaturated/α-hetero) is 1. The third kappa shape index (κ3) is 9.25. The maximum Gasteiger partial charge on any atom is 0.435 e. The maximum absolute atomic E-state index is 13.3. The summed E-state index contributed by atoms with van der Waals surface area (Å²) in [5, 5.41) is 9.13. The van der Waals surface area contributed by atoms with Gasteiger partial charge < -0.3 is 18.0 Å². The monoisotopic (exact) mass is 688 g/mol. The van der Waals surface area contributed by atoms with Gasteiger partial charge in [-0.3, -0.25) is 4.79 Å². The van der Waals surface area contributed by atoms with E-state index in [1.807, 2.05) is 9.62 Å². The van der Waals surface area contributed by atoms with Gasteiger partial charge in [-0.25, -0.2) is 23.0 Å². The van der Waals surface area contributed by atoms with Gasteiger partial charge in [-0.15, -0.1) is 0 Å². The van der Waals surface area contributed by atoms with Gasteiger partial charge in [-0.05, 0) is 86.6 Å². The van der Waals surface area contributed by atoms with Crippen molar-refractivity contribution in [3.8, 4) is 11.8 Å². The largest absolute Gasteiger partial charge is 0.497 e. The third-order valence-electron chi connectivity index (χ3n) is 7.15. The number of benzene rings is 3. The lowest BCUT2D eigenvalue weighted by Crippen LogP contribution is -2.44. The van der Waals surface area contributed by atoms with Crippen LogP contribution in [0.25, 0.3) is 0 Å². The standard InChI is InChI=1S/C30H29FN4O10S2/c1-43-26-12-10-25(11-13-26)35(19-18-34-16-14-22(15-17-34)28(36)21-6-8-24(31)9-7-21)47(41,42)45-30(38)29(37)44-46(39,40)33-27-5-3-2-4-23(27)20-32/h2-13,22,33H,14-19H2,1H3. The van der Waals surface area contributed by atoms with Crippen LogP contribution in [-0.2, 0) is 38.6 Å². The van der Waals surface area contributed by atoms with Crippen LogP contribution in [0.2, 0.25) is 0 Å². The summed E-state index contributed by atoms with van der Waals surface area (Å²) in [6.45, 7) is 0.722. The number of anilines is 2. The highest BCUT2D eigenvalue weighted by Gasteiger charge is 2.35. The number of hydrogen-bond donors (Lipinski definition) is 1. The predicted octanol–water partition coefficient (Wildman–Crippen LogP) is 2.80. The van der Waals surface area contributed by atoms with Crippen LogP contribution in [0, 0.1) is 23.1 Å². The van der Waals surface area contributed by atoms with Gasteiger partial charge in [0.15, 0.2) is 5.78 Å². The van der Waals surface area contributed by atoms with E-state index in [1.165, 1.54) is 79.9 Å². The van der Waals surface area contributed by atoms with Crippen molar-refractivity contribution in [1.29, 1.82) is 5.26 Å². The van der Waals surface area contributed by atoms with Gasteiger partial charge in [-0.1, -0.05) is 12.1 Å². The molecule has 0 bridgehead atoms. The molecule has 1 saturated heterocycles. The summed E-state index contributed by atoms with van der Waals surface area (Å²) in [7, 11) is -8.67. The van der Waals surface area contributed by atoms with Gasteiger partial charge >= 0.3 is 32.5 Å². The first-order valence-electron chi connectivity index (χ1n) is 14.0. The van der Waals surface area contributed by atoms with Crippen molar-refractivity contribution in [1.82, 2.24) is 4.90 Å². The fraction of sp³-hybridized carbons (Fsp3) is 0.267. The molecule has 0 amide bonds. The van der Waals surface area contributed by atoms with Crippen LogP contribution in [0.3, 0.4) is 0 Å². The van der Waals surface area contributed by atoms with Crippen molar-refractivity contribution in [2.24, 2.45) is 5.92 Å². The number of ether oxygens (including phenoxy) is 1. The summed E-state index contributed by atoms with van der Waals surface area (Å²) in [5.41, 5.74) is 0.0720. The Bertz CT molecular complexity index is 1870. The van der Waals surface area contributed by atoms with Crippen molar-refractivity contribution in [3.05, 3.63) is 89.7 Å². The Morgan fingerprint density at radius 3 is 2.17 bits per heavy atom. The Labute approximate surface area is 270 Å². The summed E-state index contributed by atoms with van der Waals surface area (Å²) in [6, 6.07) is 18.0. The number of nitrogens with one attached hydrogen (secondary N) is 1. The Kier molecular flexibility index (Phi) is 11.1. The van der Waals surface area contributed by atoms with E-state index in [4.69, 9.17) is 10.00 Å². The van der Waals surface area contributed by atoms with E-state index in [0.29, 0.717) is 41.5 Å². The lowest BCUT2D eigenvalue weighted by Gasteiger charge is -2.33. The smallest absolute Gasteiger partial charge is 0.435 e. The highest BCUT2D eigenvalue weighted by molar-refractivity contribution is 7.89. The number of nitriles is 1. The van der Waals surface area contributed by atoms with Crippen LogP contribution in [0.4, 0.5) is 15.8 Å². The van der Waals surface area contributed by atoms with E-state index >= 15 is 0 Å². The molecule has 3 aromatic rings. The quantitative estimate of drug-likeness (QED) is 0.217. The second kappa shape index (κ2) is 15.0. The second-order valence-corrected chi connectivity index (χ2v) is 12.9. The summed E-state index contributed by atoms with van der Waals surface area (Å²) < 4.78 is 80.7. The number of ketones is 1. The molecule has 14 nitrogen and oxygen atoms in total. The van der Waals surface area contributed by atoms with Gasteiger partial charge in [0.2, 0.25) is 0 Å². The molecule has 0 radical (unpaired) electrons. The first-order chi connectivity index (χ1) is 22.3. The maximum atomic E-state index is 13.3. The van der Waals surface area contributed by atoms with Crippen LogP contribution >= 0.6 is 0 Å². The minimum Gasteiger partial charge on any atom is -0.497 e. The van der Waals surface area contributed by atoms with Crippen molar-refractivity contribution < 1.29 is 48.7 Å². The number of rotatable bonds is 12. The number of nitrogens with zero attached hydrogens (tertiary/aromatic N) is 3. The van der Waals surface area contributed by atoms with Crippen molar-refractivity contribution >= 4 is 49.7 Å². The Balaban J connectivity index is 1.42. The average molecular weight is 689 g/mol. The number of methoxy groups -OCH3 is 1. The molecule has 0 atom stereocenters. The van der Waals surface area contributed by atoms with Crippen LogP contribution in [-0.4, -0.2) is 72.7 Å². The molecule has 1 fully saturated rings. The van der Waals surface area contributed by atoms with Crippen LogP contribution in [0.1, 0.15) is 28.8 Å². The van der Waals surface area contributed by atoms with Gasteiger partial charge in [-0.2, -0.15) is 22.1 Å². The fourth-order valence-electron chi connectivity index (χ4n) is 4.75. The van der Waals surface area contributed by atoms with Gasteiger partial charge in [0.05, 0.1) is 30.6 Å². The summed E-state index contributed by atoms with van der Waals surface area (Å²) in [4.78, 5) is 39.5. The molecular formula is C30H29FN4O10S2. The van der Waals surface area contributed by atoms with Crippen molar-refractivity contribution in [2.45, 2.75) is 12.8 Å². The number of carbonyl (C=O) groups is 3. The zero-order chi connectivity index (χ0) is 34.2. The zero-order valence-electron chi connectivity index (χ0n) is 24.9. The molecule has 1 heterocycles. The van der Waals surface area contributed by atoms with Crippen molar-refractivity contribution in [3.63, 3.8) is 0 Å². The van der Waals surface area contributed by atoms with Gasteiger partial charge in [0.25, 0.3) is 0 Å². The zero-order valence-corrected chi connectivity index (χ0v) is 26.5. The first-order valence-corrected chi connectivity index (χ1v) is 16.8. The van der Waals surface area contributed by atoms with E-state index in [2.05, 4.69) is 8.37 Å². The Morgan fingerprint density at radius 2 is 1.55 bits per heavy atom. The molecule has 17 heteroatoms. The van der Waals surface area contributed by atoms with E-state index in [-0.39, 0.29) is 41.7 Å². The average Bonchev–Trinajstić information content (AvgIpc) is 3.05. The van der Waals surface area contributed by atoms with E-state index in [1.54, 1.807) is 6.07 Å². The molecule has 1 N–H and O–H groups in total. The minimum atomic E-state index is -5.06. The number of carbonyl (C=O) groups excluding carboxylic acids is 3. The fourth-order valence-corrected chi connectivity index (χ4v) is 6.54. The predicted molar refractivity (Wildman–Crippen MR) is 165 cm³/mol. The molecule has 4 rings (SSSR count). The molecule has 248 valence electrons. The molecule has 0 unspecified atom stereocenters. The number of hydrogen-bond acceptors (Lipinski definition) is 12. The van der Waals surface area contributed by atoms with Crippen molar-refractivity contribution in [2.75, 3.05) is 42.3 Å². The lowest BCUT2D eigenvalue weighted by molar-refractivity contribution is -0.155. The Hall–Kier alpha value is -5.05. The molecule has 3 aromatic carbocycles. The molecule has 1 aliphatic rings. The number of halogens is 1. The molecule has 0 aromatic heterocycles. The normalized spacial score (nSPS) is 14.0. The lowest BCUT2D eigenvalue weighted by atomic mass is 9.89. The van der Waals surface area contributed by atoms with Crippen LogP contribution in [0.5, 0.6) is 5.75 Å². The van der Waals surface area contributed by atoms with E-state index in [9.17, 15) is 35.6 Å². The molecule has 0 aliphatic carbocycles. The SMILES string of the molecule is COc1ccc(N(CCN2CCC(C(=O)c3ccc(F)cc3)CC2)S(=O)(=O)OC(=O)C(=O)OS(=O)(=O)Nc2ccccc2C#N)cc1. The highest BCUT2D eigenvalue weighted by Crippen LogP contribution is 2.25. The van der Waals surface area contributed by atoms with E-state index < -0.39 is 38.4 Å². The number of likely N-dealkylation sites (tertiary alicyclic amines) is 1. The van der Waals surface area contributed by atoms with Crippen LogP contribution in [0.15, 0.2) is 72.8 Å². The number of piperidine rings is 1. The van der Waals surface area contributed by atoms with E-state index in [0.717, 1.165) is 0 Å². The van der Waals surface area contributed by atoms with Crippen LogP contribution < -0.4 is 13.8 Å². The topological polar surface area (TPSA) is 189 Å². The highest BCUT2D eigenvalue weighted by atomic mass is 32.2. The molecular weight excluding hydrogens is 659 g/mol. The summed E-state index contributed by atoms with van der Waals surface area (Å²) in [6.07, 6.45) is 0.932. The molecule has 1 aliphatic heterocycles. The summed E-state index contributed by atoms with van der Waals surface area (Å²) in [5.74, 6) is -4.76. The summed E-state index contributed by atoms with van der Waals surface area (Å²) >= 11 is 0. The minimum absolute atomic E-state index is 0.0377. The molecule has 0 saturated carbocycles. The van der Waals surface area contributed by atoms with Gasteiger partial charge in [0.1, 0.15) is 17.6 Å². The number of para-hydroxylation sites is 1. The molecule has 47 heavy (non-hydrogen) atoms.